The summed E-state index contributed by atoms with van der Waals surface area (Å²) >= 11 is 5.89. The van der Waals surface area contributed by atoms with Gasteiger partial charge in [0.2, 0.25) is 5.82 Å². The molecule has 1 heterocycles. The number of hydrogen-bond donors (Lipinski definition) is 0. The van der Waals surface area contributed by atoms with E-state index in [2.05, 4.69) is 10.1 Å². The van der Waals surface area contributed by atoms with Gasteiger partial charge in [-0.2, -0.15) is 18.2 Å². The fourth-order valence-electron chi connectivity index (χ4n) is 1.95. The number of aromatic nitrogens is 2. The van der Waals surface area contributed by atoms with Gasteiger partial charge in [0.15, 0.2) is 0 Å². The van der Waals surface area contributed by atoms with Crippen molar-refractivity contribution in [3.8, 4) is 22.8 Å². The molecule has 0 fully saturated rings. The van der Waals surface area contributed by atoms with E-state index >= 15 is 0 Å². The topological polar surface area (TPSA) is 38.9 Å². The molecule has 0 aliphatic carbocycles. The number of rotatable bonds is 2. The van der Waals surface area contributed by atoms with Gasteiger partial charge in [-0.25, -0.2) is 4.39 Å². The Bertz CT molecular complexity index is 861. The maximum atomic E-state index is 13.0. The van der Waals surface area contributed by atoms with Crippen LogP contribution in [0.2, 0.25) is 5.02 Å². The fourth-order valence-corrected chi connectivity index (χ4v) is 2.20. The Hall–Kier alpha value is -2.41. The maximum Gasteiger partial charge on any atom is 0.416 e. The highest BCUT2D eigenvalue weighted by molar-refractivity contribution is 6.33. The molecule has 0 aliphatic heterocycles. The van der Waals surface area contributed by atoms with Crippen LogP contribution in [-0.4, -0.2) is 10.1 Å². The lowest BCUT2D eigenvalue weighted by atomic mass is 10.1. The van der Waals surface area contributed by atoms with E-state index in [1.807, 2.05) is 0 Å². The van der Waals surface area contributed by atoms with Crippen molar-refractivity contribution < 1.29 is 22.1 Å². The Morgan fingerprint density at radius 2 is 1.83 bits per heavy atom. The molecule has 0 bridgehead atoms. The average molecular weight is 343 g/mol. The second kappa shape index (κ2) is 5.66. The summed E-state index contributed by atoms with van der Waals surface area (Å²) in [6, 6.07) is 8.12. The first-order chi connectivity index (χ1) is 10.8. The second-order valence-corrected chi connectivity index (χ2v) is 5.03. The highest BCUT2D eigenvalue weighted by atomic mass is 35.5. The molecule has 3 aromatic rings. The van der Waals surface area contributed by atoms with Gasteiger partial charge in [-0.15, -0.1) is 0 Å². The van der Waals surface area contributed by atoms with Crippen molar-refractivity contribution in [2.75, 3.05) is 0 Å². The summed E-state index contributed by atoms with van der Waals surface area (Å²) in [6.45, 7) is 0. The summed E-state index contributed by atoms with van der Waals surface area (Å²) in [5.74, 6) is -0.565. The molecule has 2 aromatic carbocycles. The maximum absolute atomic E-state index is 13.0. The summed E-state index contributed by atoms with van der Waals surface area (Å²) in [4.78, 5) is 4.01. The molecule has 0 amide bonds. The third kappa shape index (κ3) is 3.19. The van der Waals surface area contributed by atoms with E-state index in [9.17, 15) is 17.6 Å². The molecular formula is C15H7ClF4N2O. The highest BCUT2D eigenvalue weighted by Gasteiger charge is 2.30. The van der Waals surface area contributed by atoms with E-state index in [1.165, 1.54) is 18.2 Å². The van der Waals surface area contributed by atoms with E-state index < -0.39 is 17.6 Å². The zero-order valence-electron chi connectivity index (χ0n) is 11.2. The van der Waals surface area contributed by atoms with Crippen molar-refractivity contribution in [1.82, 2.24) is 10.1 Å². The first kappa shape index (κ1) is 15.5. The molecule has 0 atom stereocenters. The molecule has 0 N–H and O–H groups in total. The van der Waals surface area contributed by atoms with Crippen LogP contribution in [0.15, 0.2) is 47.0 Å². The summed E-state index contributed by atoms with van der Waals surface area (Å²) in [5, 5.41) is 3.70. The molecule has 0 radical (unpaired) electrons. The Kier molecular flexibility index (Phi) is 3.81. The Morgan fingerprint density at radius 1 is 1.04 bits per heavy atom. The van der Waals surface area contributed by atoms with Crippen LogP contribution in [0, 0.1) is 5.82 Å². The van der Waals surface area contributed by atoms with Crippen molar-refractivity contribution in [2.24, 2.45) is 0 Å². The van der Waals surface area contributed by atoms with Crippen LogP contribution < -0.4 is 0 Å². The average Bonchev–Trinajstić information content (AvgIpc) is 2.96. The molecule has 0 spiro atoms. The van der Waals surface area contributed by atoms with Gasteiger partial charge in [0.1, 0.15) is 5.82 Å². The number of halogens is 5. The van der Waals surface area contributed by atoms with E-state index in [0.29, 0.717) is 5.56 Å². The first-order valence-corrected chi connectivity index (χ1v) is 6.69. The predicted octanol–water partition coefficient (Wildman–Crippen LogP) is 5.21. The summed E-state index contributed by atoms with van der Waals surface area (Å²) in [6.07, 6.45) is -4.47. The standard InChI is InChI=1S/C15H7ClF4N2O/c16-12-7-10(17)4-5-11(12)14-21-13(22-23-14)8-2-1-3-9(6-8)15(18,19)20/h1-7H. The van der Waals surface area contributed by atoms with Crippen molar-refractivity contribution >= 4 is 11.6 Å². The minimum absolute atomic E-state index is 0.0117. The molecule has 1 aromatic heterocycles. The van der Waals surface area contributed by atoms with Gasteiger partial charge in [-0.05, 0) is 30.3 Å². The molecule has 0 saturated heterocycles. The minimum atomic E-state index is -4.47. The van der Waals surface area contributed by atoms with Gasteiger partial charge >= 0.3 is 6.18 Å². The smallest absolute Gasteiger partial charge is 0.334 e. The zero-order chi connectivity index (χ0) is 16.6. The van der Waals surface area contributed by atoms with Crippen LogP contribution in [0.25, 0.3) is 22.8 Å². The third-order valence-corrected chi connectivity index (χ3v) is 3.35. The van der Waals surface area contributed by atoms with Crippen LogP contribution >= 0.6 is 11.6 Å². The summed E-state index contributed by atoms with van der Waals surface area (Å²) < 4.78 is 56.2. The van der Waals surface area contributed by atoms with Gasteiger partial charge in [-0.1, -0.05) is 28.9 Å². The molecule has 0 saturated carbocycles. The van der Waals surface area contributed by atoms with Crippen LogP contribution in [0.5, 0.6) is 0 Å². The molecule has 3 nitrogen and oxygen atoms in total. The van der Waals surface area contributed by atoms with E-state index in [-0.39, 0.29) is 22.3 Å². The SMILES string of the molecule is Fc1ccc(-c2nc(-c3cccc(C(F)(F)F)c3)no2)c(Cl)c1. The molecule has 118 valence electrons. The second-order valence-electron chi connectivity index (χ2n) is 4.63. The third-order valence-electron chi connectivity index (χ3n) is 3.04. The predicted molar refractivity (Wildman–Crippen MR) is 75.1 cm³/mol. The largest absolute Gasteiger partial charge is 0.416 e. The lowest BCUT2D eigenvalue weighted by molar-refractivity contribution is -0.137. The van der Waals surface area contributed by atoms with E-state index in [4.69, 9.17) is 16.1 Å². The van der Waals surface area contributed by atoms with E-state index in [1.54, 1.807) is 0 Å². The number of alkyl halides is 3. The Labute approximate surface area is 132 Å². The first-order valence-electron chi connectivity index (χ1n) is 6.31. The minimum Gasteiger partial charge on any atom is -0.334 e. The Balaban J connectivity index is 1.99. The Morgan fingerprint density at radius 3 is 2.52 bits per heavy atom. The highest BCUT2D eigenvalue weighted by Crippen LogP contribution is 2.33. The van der Waals surface area contributed by atoms with Gasteiger partial charge in [0, 0.05) is 5.56 Å². The lowest BCUT2D eigenvalue weighted by Gasteiger charge is -2.06. The molecule has 0 unspecified atom stereocenters. The van der Waals surface area contributed by atoms with Crippen molar-refractivity contribution in [3.63, 3.8) is 0 Å². The van der Waals surface area contributed by atoms with Crippen molar-refractivity contribution in [2.45, 2.75) is 6.18 Å². The summed E-state index contributed by atoms with van der Waals surface area (Å²) in [7, 11) is 0. The zero-order valence-corrected chi connectivity index (χ0v) is 12.0. The lowest BCUT2D eigenvalue weighted by Crippen LogP contribution is -2.04. The fraction of sp³-hybridized carbons (Fsp3) is 0.0667. The number of benzene rings is 2. The van der Waals surface area contributed by atoms with Gasteiger partial charge in [-0.3, -0.25) is 0 Å². The van der Waals surface area contributed by atoms with Gasteiger partial charge in [0.25, 0.3) is 5.89 Å². The molecule has 3 rings (SSSR count). The molecular weight excluding hydrogens is 336 g/mol. The van der Waals surface area contributed by atoms with Crippen LogP contribution in [0.1, 0.15) is 5.56 Å². The van der Waals surface area contributed by atoms with Gasteiger partial charge < -0.3 is 4.52 Å². The molecule has 8 heteroatoms. The van der Waals surface area contributed by atoms with Crippen molar-refractivity contribution in [3.05, 3.63) is 58.9 Å². The normalized spacial score (nSPS) is 11.7. The van der Waals surface area contributed by atoms with E-state index in [0.717, 1.165) is 24.3 Å². The van der Waals surface area contributed by atoms with Crippen LogP contribution in [0.4, 0.5) is 17.6 Å². The van der Waals surface area contributed by atoms with Crippen LogP contribution in [-0.2, 0) is 6.18 Å². The number of hydrogen-bond acceptors (Lipinski definition) is 3. The molecule has 23 heavy (non-hydrogen) atoms. The molecule has 0 aliphatic rings. The van der Waals surface area contributed by atoms with Gasteiger partial charge in [0.05, 0.1) is 16.1 Å². The monoisotopic (exact) mass is 342 g/mol. The van der Waals surface area contributed by atoms with Crippen LogP contribution in [0.3, 0.4) is 0 Å². The summed E-state index contributed by atoms with van der Waals surface area (Å²) in [5.41, 5.74) is -0.381. The number of nitrogens with zero attached hydrogens (tertiary/aromatic N) is 2. The van der Waals surface area contributed by atoms with Crippen molar-refractivity contribution in [1.29, 1.82) is 0 Å². The quantitative estimate of drug-likeness (QED) is 0.600.